The Morgan fingerprint density at radius 3 is 2.26 bits per heavy atom. The number of carbonyl (C=O) groups excluding carboxylic acids is 1. The average molecular weight is 374 g/mol. The number of benzene rings is 1. The molecule has 2 N–H and O–H groups in total. The van der Waals surface area contributed by atoms with Gasteiger partial charge in [-0.1, -0.05) is 26.0 Å². The molecule has 0 spiro atoms. The van der Waals surface area contributed by atoms with E-state index in [1.165, 1.54) is 9.13 Å². The number of amides is 1. The molecule has 0 aliphatic rings. The fraction of sp³-hybridized carbons (Fsp3) is 0.533. The van der Waals surface area contributed by atoms with Crippen molar-refractivity contribution in [3.05, 3.63) is 33.4 Å². The summed E-state index contributed by atoms with van der Waals surface area (Å²) in [5.41, 5.74) is 1.20. The van der Waals surface area contributed by atoms with Crippen molar-refractivity contribution < 1.29 is 4.79 Å². The van der Waals surface area contributed by atoms with Gasteiger partial charge in [0.1, 0.15) is 0 Å². The summed E-state index contributed by atoms with van der Waals surface area (Å²) in [5, 5.41) is 6.27. The van der Waals surface area contributed by atoms with Crippen LogP contribution in [0.2, 0.25) is 0 Å². The first-order valence-corrected chi connectivity index (χ1v) is 7.77. The van der Waals surface area contributed by atoms with E-state index in [9.17, 15) is 4.79 Å². The summed E-state index contributed by atoms with van der Waals surface area (Å²) in [7, 11) is 0. The van der Waals surface area contributed by atoms with Gasteiger partial charge in [-0.05, 0) is 60.1 Å². The Morgan fingerprint density at radius 1 is 1.16 bits per heavy atom. The number of nitrogens with one attached hydrogen (secondary N) is 2. The minimum Gasteiger partial charge on any atom is -0.354 e. The second-order valence-corrected chi connectivity index (χ2v) is 6.55. The van der Waals surface area contributed by atoms with Crippen LogP contribution in [0.25, 0.3) is 0 Å². The normalized spacial score (nSPS) is 14.2. The van der Waals surface area contributed by atoms with Gasteiger partial charge in [0, 0.05) is 16.2 Å². The van der Waals surface area contributed by atoms with Gasteiger partial charge in [0.15, 0.2) is 0 Å². The molecule has 0 aromatic heterocycles. The molecule has 1 aromatic carbocycles. The molecule has 0 bridgehead atoms. The fourth-order valence-electron chi connectivity index (χ4n) is 1.76. The molecule has 0 aliphatic heterocycles. The zero-order chi connectivity index (χ0) is 14.4. The molecule has 1 aromatic rings. The van der Waals surface area contributed by atoms with Crippen molar-refractivity contribution in [2.24, 2.45) is 5.92 Å². The lowest BCUT2D eigenvalue weighted by atomic mass is 10.1. The van der Waals surface area contributed by atoms with Crippen LogP contribution in [0.4, 0.5) is 0 Å². The number of rotatable bonds is 6. The van der Waals surface area contributed by atoms with Gasteiger partial charge >= 0.3 is 0 Å². The highest BCUT2D eigenvalue weighted by Crippen LogP contribution is 2.15. The van der Waals surface area contributed by atoms with E-state index < -0.39 is 0 Å². The Hall–Kier alpha value is -0.620. The second kappa shape index (κ2) is 7.85. The summed E-state index contributed by atoms with van der Waals surface area (Å²) >= 11 is 2.29. The SMILES string of the molecule is CC(C)CNC(=O)C(C)NC(C)c1ccc(I)cc1. The highest BCUT2D eigenvalue weighted by molar-refractivity contribution is 14.1. The van der Waals surface area contributed by atoms with Crippen LogP contribution in [0, 0.1) is 9.49 Å². The van der Waals surface area contributed by atoms with Crippen LogP contribution in [-0.4, -0.2) is 18.5 Å². The van der Waals surface area contributed by atoms with Gasteiger partial charge in [-0.2, -0.15) is 0 Å². The number of hydrogen-bond donors (Lipinski definition) is 2. The first-order chi connectivity index (χ1) is 8.90. The van der Waals surface area contributed by atoms with Crippen LogP contribution in [0.5, 0.6) is 0 Å². The first kappa shape index (κ1) is 16.4. The minimum absolute atomic E-state index is 0.0612. The van der Waals surface area contributed by atoms with E-state index in [1.807, 2.05) is 6.92 Å². The molecule has 2 unspecified atom stereocenters. The lowest BCUT2D eigenvalue weighted by molar-refractivity contribution is -0.123. The zero-order valence-electron chi connectivity index (χ0n) is 12.0. The highest BCUT2D eigenvalue weighted by Gasteiger charge is 2.16. The van der Waals surface area contributed by atoms with E-state index in [-0.39, 0.29) is 18.0 Å². The number of carbonyl (C=O) groups is 1. The maximum Gasteiger partial charge on any atom is 0.236 e. The van der Waals surface area contributed by atoms with Gasteiger partial charge in [-0.25, -0.2) is 0 Å². The van der Waals surface area contributed by atoms with Crippen molar-refractivity contribution in [2.45, 2.75) is 39.8 Å². The Bertz CT molecular complexity index is 403. The molecular weight excluding hydrogens is 351 g/mol. The van der Waals surface area contributed by atoms with Gasteiger partial charge in [0.2, 0.25) is 5.91 Å². The maximum atomic E-state index is 11.9. The maximum absolute atomic E-state index is 11.9. The van der Waals surface area contributed by atoms with Crippen molar-refractivity contribution in [3.8, 4) is 0 Å². The van der Waals surface area contributed by atoms with Gasteiger partial charge in [-0.15, -0.1) is 0 Å². The standard InChI is InChI=1S/C15H23IN2O/c1-10(2)9-17-15(19)12(4)18-11(3)13-5-7-14(16)8-6-13/h5-8,10-12,18H,9H2,1-4H3,(H,17,19). The van der Waals surface area contributed by atoms with Gasteiger partial charge < -0.3 is 5.32 Å². The topological polar surface area (TPSA) is 41.1 Å². The number of halogens is 1. The molecule has 2 atom stereocenters. The third-order valence-corrected chi connectivity index (χ3v) is 3.67. The molecule has 0 saturated heterocycles. The molecule has 0 fully saturated rings. The summed E-state index contributed by atoms with van der Waals surface area (Å²) in [6.45, 7) is 8.88. The second-order valence-electron chi connectivity index (χ2n) is 5.30. The van der Waals surface area contributed by atoms with Crippen molar-refractivity contribution in [3.63, 3.8) is 0 Å². The quantitative estimate of drug-likeness (QED) is 0.752. The Morgan fingerprint density at radius 2 is 1.74 bits per heavy atom. The van der Waals surface area contributed by atoms with Gasteiger partial charge in [0.25, 0.3) is 0 Å². The predicted octanol–water partition coefficient (Wildman–Crippen LogP) is 3.10. The van der Waals surface area contributed by atoms with E-state index in [1.54, 1.807) is 0 Å². The molecular formula is C15H23IN2O. The number of hydrogen-bond acceptors (Lipinski definition) is 2. The molecule has 19 heavy (non-hydrogen) atoms. The monoisotopic (exact) mass is 374 g/mol. The van der Waals surface area contributed by atoms with E-state index in [0.717, 1.165) is 6.54 Å². The highest BCUT2D eigenvalue weighted by atomic mass is 127. The van der Waals surface area contributed by atoms with Crippen LogP contribution in [0.15, 0.2) is 24.3 Å². The predicted molar refractivity (Wildman–Crippen MR) is 88.0 cm³/mol. The van der Waals surface area contributed by atoms with E-state index in [2.05, 4.69) is 78.3 Å². The fourth-order valence-corrected chi connectivity index (χ4v) is 2.12. The Balaban J connectivity index is 2.49. The molecule has 106 valence electrons. The largest absolute Gasteiger partial charge is 0.354 e. The zero-order valence-corrected chi connectivity index (χ0v) is 14.2. The molecule has 1 rings (SSSR count). The summed E-state index contributed by atoms with van der Waals surface area (Å²) in [6, 6.07) is 8.33. The van der Waals surface area contributed by atoms with Crippen LogP contribution >= 0.6 is 22.6 Å². The van der Waals surface area contributed by atoms with E-state index in [4.69, 9.17) is 0 Å². The first-order valence-electron chi connectivity index (χ1n) is 6.69. The van der Waals surface area contributed by atoms with Crippen LogP contribution in [0.1, 0.15) is 39.3 Å². The molecule has 1 amide bonds. The lowest BCUT2D eigenvalue weighted by Gasteiger charge is -2.20. The van der Waals surface area contributed by atoms with Crippen LogP contribution in [-0.2, 0) is 4.79 Å². The Labute approximate surface area is 129 Å². The third kappa shape index (κ3) is 5.91. The smallest absolute Gasteiger partial charge is 0.236 e. The van der Waals surface area contributed by atoms with E-state index >= 15 is 0 Å². The van der Waals surface area contributed by atoms with Crippen molar-refractivity contribution >= 4 is 28.5 Å². The summed E-state index contributed by atoms with van der Waals surface area (Å²) in [4.78, 5) is 11.9. The molecule has 0 heterocycles. The van der Waals surface area contributed by atoms with Gasteiger partial charge in [-0.3, -0.25) is 10.1 Å². The summed E-state index contributed by atoms with van der Waals surface area (Å²) in [6.07, 6.45) is 0. The molecule has 0 saturated carbocycles. The average Bonchev–Trinajstić information content (AvgIpc) is 2.36. The Kier molecular flexibility index (Phi) is 6.79. The summed E-state index contributed by atoms with van der Waals surface area (Å²) in [5.74, 6) is 0.538. The molecule has 3 nitrogen and oxygen atoms in total. The molecule has 4 heteroatoms. The molecule has 0 aliphatic carbocycles. The van der Waals surface area contributed by atoms with Crippen molar-refractivity contribution in [2.75, 3.05) is 6.54 Å². The third-order valence-electron chi connectivity index (χ3n) is 2.95. The van der Waals surface area contributed by atoms with E-state index in [0.29, 0.717) is 5.92 Å². The summed E-state index contributed by atoms with van der Waals surface area (Å²) < 4.78 is 1.22. The minimum atomic E-state index is -0.187. The van der Waals surface area contributed by atoms with Crippen molar-refractivity contribution in [1.82, 2.24) is 10.6 Å². The van der Waals surface area contributed by atoms with Crippen LogP contribution in [0.3, 0.4) is 0 Å². The molecule has 0 radical (unpaired) electrons. The van der Waals surface area contributed by atoms with Crippen LogP contribution < -0.4 is 10.6 Å². The van der Waals surface area contributed by atoms with Gasteiger partial charge in [0.05, 0.1) is 6.04 Å². The van der Waals surface area contributed by atoms with Crippen molar-refractivity contribution in [1.29, 1.82) is 0 Å². The lowest BCUT2D eigenvalue weighted by Crippen LogP contribution is -2.44.